The highest BCUT2D eigenvalue weighted by Gasteiger charge is 2.29. The molecule has 6 rings (SSSR count). The van der Waals surface area contributed by atoms with Crippen LogP contribution in [-0.4, -0.2) is 33.8 Å². The van der Waals surface area contributed by atoms with Gasteiger partial charge in [0.05, 0.1) is 29.0 Å². The first-order chi connectivity index (χ1) is 19.4. The quantitative estimate of drug-likeness (QED) is 0.151. The van der Waals surface area contributed by atoms with Crippen LogP contribution in [0, 0.1) is 5.92 Å². The van der Waals surface area contributed by atoms with E-state index in [2.05, 4.69) is 12.2 Å². The third-order valence-corrected chi connectivity index (χ3v) is 10.8. The average molecular weight is 594 g/mol. The van der Waals surface area contributed by atoms with Gasteiger partial charge in [0.15, 0.2) is 5.16 Å². The normalized spacial score (nSPS) is 16.4. The minimum atomic E-state index is -0.385. The lowest BCUT2D eigenvalue weighted by Crippen LogP contribution is -2.23. The number of thioether (sulfide) groups is 1. The maximum atomic E-state index is 13.9. The molecule has 208 valence electrons. The van der Waals surface area contributed by atoms with E-state index in [0.717, 1.165) is 76.9 Å². The summed E-state index contributed by atoms with van der Waals surface area (Å²) in [7, 11) is 0. The number of para-hydroxylation sites is 1. The Kier molecular flexibility index (Phi) is 7.83. The van der Waals surface area contributed by atoms with Crippen LogP contribution in [0.15, 0.2) is 40.3 Å². The highest BCUT2D eigenvalue weighted by atomic mass is 32.2. The van der Waals surface area contributed by atoms with Crippen LogP contribution < -0.4 is 10.9 Å². The zero-order valence-electron chi connectivity index (χ0n) is 22.6. The van der Waals surface area contributed by atoms with Crippen molar-refractivity contribution in [2.75, 3.05) is 17.7 Å². The predicted octanol–water partition coefficient (Wildman–Crippen LogP) is 6.42. The van der Waals surface area contributed by atoms with E-state index in [1.165, 1.54) is 28.0 Å². The summed E-state index contributed by atoms with van der Waals surface area (Å²) in [4.78, 5) is 48.1. The number of carbonyl (C=O) groups excluding carboxylic acids is 2. The van der Waals surface area contributed by atoms with E-state index in [1.807, 2.05) is 30.3 Å². The van der Waals surface area contributed by atoms with Crippen molar-refractivity contribution < 1.29 is 14.3 Å². The van der Waals surface area contributed by atoms with Crippen LogP contribution in [0.4, 0.5) is 5.00 Å². The minimum absolute atomic E-state index is 0.0527. The van der Waals surface area contributed by atoms with Gasteiger partial charge in [-0.1, -0.05) is 36.9 Å². The fraction of sp³-hybridized carbons (Fsp3) is 0.400. The number of esters is 1. The molecule has 0 aliphatic heterocycles. The van der Waals surface area contributed by atoms with E-state index < -0.39 is 0 Å². The Morgan fingerprint density at radius 3 is 2.70 bits per heavy atom. The van der Waals surface area contributed by atoms with E-state index in [1.54, 1.807) is 22.8 Å². The third kappa shape index (κ3) is 5.12. The molecule has 4 aromatic rings. The first-order valence-corrected chi connectivity index (χ1v) is 16.4. The monoisotopic (exact) mass is 593 g/mol. The van der Waals surface area contributed by atoms with E-state index >= 15 is 0 Å². The van der Waals surface area contributed by atoms with Gasteiger partial charge < -0.3 is 10.1 Å². The number of ether oxygens (including phenoxy) is 1. The van der Waals surface area contributed by atoms with Crippen molar-refractivity contribution in [1.29, 1.82) is 0 Å². The van der Waals surface area contributed by atoms with Gasteiger partial charge in [0, 0.05) is 9.75 Å². The van der Waals surface area contributed by atoms with Gasteiger partial charge in [-0.3, -0.25) is 14.2 Å². The Labute approximate surface area is 245 Å². The lowest BCUT2D eigenvalue weighted by Gasteiger charge is -2.18. The molecule has 2 aliphatic rings. The highest BCUT2D eigenvalue weighted by molar-refractivity contribution is 7.99. The SMILES string of the molecule is CCOC(=O)c1c(NC(=O)CSc2nc3sc4c(c3c(=O)n2-c2ccccc2)CCCC4)sc2c1CC[C@H](C)C2. The molecule has 3 heterocycles. The highest BCUT2D eigenvalue weighted by Crippen LogP contribution is 2.40. The van der Waals surface area contributed by atoms with Crippen molar-refractivity contribution in [3.8, 4) is 5.69 Å². The molecule has 0 fully saturated rings. The number of fused-ring (bicyclic) bond motifs is 4. The summed E-state index contributed by atoms with van der Waals surface area (Å²) in [5.74, 6) is -0.0401. The van der Waals surface area contributed by atoms with Gasteiger partial charge in [0.25, 0.3) is 5.56 Å². The van der Waals surface area contributed by atoms with Gasteiger partial charge >= 0.3 is 5.97 Å². The molecular formula is C30H31N3O4S3. The number of thiophene rings is 2. The number of benzene rings is 1. The zero-order chi connectivity index (χ0) is 27.8. The van der Waals surface area contributed by atoms with Gasteiger partial charge in [-0.2, -0.15) is 0 Å². The number of amides is 1. The summed E-state index contributed by atoms with van der Waals surface area (Å²) in [6.45, 7) is 4.27. The van der Waals surface area contributed by atoms with E-state index in [-0.39, 0.29) is 29.8 Å². The Bertz CT molecular complexity index is 1650. The molecule has 0 radical (unpaired) electrons. The van der Waals surface area contributed by atoms with Crippen molar-refractivity contribution in [3.05, 3.63) is 67.1 Å². The summed E-state index contributed by atoms with van der Waals surface area (Å²) < 4.78 is 6.98. The van der Waals surface area contributed by atoms with Crippen LogP contribution in [0.1, 0.15) is 64.3 Å². The lowest BCUT2D eigenvalue weighted by atomic mass is 9.88. The van der Waals surface area contributed by atoms with Crippen molar-refractivity contribution in [3.63, 3.8) is 0 Å². The summed E-state index contributed by atoms with van der Waals surface area (Å²) in [5, 5.41) is 4.75. The number of aryl methyl sites for hydroxylation is 2. The molecule has 1 aromatic carbocycles. The second kappa shape index (κ2) is 11.5. The van der Waals surface area contributed by atoms with E-state index in [0.29, 0.717) is 21.6 Å². The van der Waals surface area contributed by atoms with Gasteiger partial charge in [0.1, 0.15) is 9.83 Å². The van der Waals surface area contributed by atoms with Crippen LogP contribution >= 0.6 is 34.4 Å². The van der Waals surface area contributed by atoms with Gasteiger partial charge in [-0.25, -0.2) is 9.78 Å². The summed E-state index contributed by atoms with van der Waals surface area (Å²) >= 11 is 4.32. The van der Waals surface area contributed by atoms with Crippen LogP contribution in [-0.2, 0) is 35.2 Å². The van der Waals surface area contributed by atoms with E-state index in [9.17, 15) is 14.4 Å². The Morgan fingerprint density at radius 1 is 1.10 bits per heavy atom. The first-order valence-electron chi connectivity index (χ1n) is 13.8. The van der Waals surface area contributed by atoms with Crippen molar-refractivity contribution in [2.24, 2.45) is 5.92 Å². The van der Waals surface area contributed by atoms with Gasteiger partial charge in [-0.05, 0) is 81.0 Å². The fourth-order valence-corrected chi connectivity index (χ4v) is 9.17. The summed E-state index contributed by atoms with van der Waals surface area (Å²) in [5.41, 5.74) is 3.30. The van der Waals surface area contributed by atoms with Crippen LogP contribution in [0.25, 0.3) is 15.9 Å². The number of rotatable bonds is 7. The van der Waals surface area contributed by atoms with Crippen LogP contribution in [0.5, 0.6) is 0 Å². The molecule has 0 saturated heterocycles. The maximum absolute atomic E-state index is 13.9. The molecule has 40 heavy (non-hydrogen) atoms. The van der Waals surface area contributed by atoms with E-state index in [4.69, 9.17) is 9.72 Å². The average Bonchev–Trinajstić information content (AvgIpc) is 3.50. The number of nitrogens with one attached hydrogen (secondary N) is 1. The van der Waals surface area contributed by atoms with Gasteiger partial charge in [0.2, 0.25) is 5.91 Å². The molecule has 2 aliphatic carbocycles. The molecule has 10 heteroatoms. The minimum Gasteiger partial charge on any atom is -0.462 e. The molecule has 1 amide bonds. The molecule has 1 N–H and O–H groups in total. The van der Waals surface area contributed by atoms with Crippen molar-refractivity contribution in [2.45, 2.75) is 63.9 Å². The zero-order valence-corrected chi connectivity index (χ0v) is 25.0. The molecule has 0 bridgehead atoms. The number of hydrogen-bond donors (Lipinski definition) is 1. The summed E-state index contributed by atoms with van der Waals surface area (Å²) in [6.07, 6.45) is 6.82. The Balaban J connectivity index is 1.31. The van der Waals surface area contributed by atoms with Crippen molar-refractivity contribution in [1.82, 2.24) is 9.55 Å². The largest absolute Gasteiger partial charge is 0.462 e. The van der Waals surface area contributed by atoms with Crippen LogP contribution in [0.2, 0.25) is 0 Å². The molecule has 3 aromatic heterocycles. The number of hydrogen-bond acceptors (Lipinski definition) is 8. The molecule has 1 atom stereocenters. The number of aromatic nitrogens is 2. The lowest BCUT2D eigenvalue weighted by molar-refractivity contribution is -0.113. The number of anilines is 1. The standard InChI is InChI=1S/C30H31N3O4S3/c1-3-37-29(36)25-20-14-13-17(2)15-22(20)40-27(25)31-23(34)16-38-30-32-26-24(19-11-7-8-12-21(19)39-26)28(35)33(30)18-9-5-4-6-10-18/h4-6,9-10,17H,3,7-8,11-16H2,1-2H3,(H,31,34)/t17-/m0/s1. The number of nitrogens with zero attached hydrogens (tertiary/aromatic N) is 2. The second-order valence-corrected chi connectivity index (χ2v) is 13.5. The van der Waals surface area contributed by atoms with Crippen molar-refractivity contribution >= 4 is 61.5 Å². The molecule has 0 saturated carbocycles. The summed E-state index contributed by atoms with van der Waals surface area (Å²) in [6, 6.07) is 9.48. The maximum Gasteiger partial charge on any atom is 0.341 e. The topological polar surface area (TPSA) is 90.3 Å². The molecular weight excluding hydrogens is 563 g/mol. The van der Waals surface area contributed by atoms with Crippen LogP contribution in [0.3, 0.4) is 0 Å². The molecule has 0 spiro atoms. The first kappa shape index (κ1) is 27.2. The Hall–Kier alpha value is -2.95. The molecule has 0 unspecified atom stereocenters. The smallest absolute Gasteiger partial charge is 0.341 e. The number of carbonyl (C=O) groups is 2. The fourth-order valence-electron chi connectivity index (χ4n) is 5.64. The second-order valence-electron chi connectivity index (χ2n) is 10.4. The predicted molar refractivity (Wildman–Crippen MR) is 163 cm³/mol. The third-order valence-electron chi connectivity index (χ3n) is 7.55. The Morgan fingerprint density at radius 2 is 1.90 bits per heavy atom. The van der Waals surface area contributed by atoms with Gasteiger partial charge in [-0.15, -0.1) is 22.7 Å². The molecule has 7 nitrogen and oxygen atoms in total.